The second kappa shape index (κ2) is 4.45. The van der Waals surface area contributed by atoms with E-state index >= 15 is 0 Å². The summed E-state index contributed by atoms with van der Waals surface area (Å²) in [5, 5.41) is 17.1. The maximum Gasteiger partial charge on any atom is 0.329 e. The van der Waals surface area contributed by atoms with Gasteiger partial charge >= 0.3 is 5.97 Å². The van der Waals surface area contributed by atoms with E-state index in [0.717, 1.165) is 6.08 Å². The number of carboxylic acid groups (broad SMARTS) is 1. The number of aliphatic carboxylic acids is 1. The number of rotatable bonds is 2. The summed E-state index contributed by atoms with van der Waals surface area (Å²) < 4.78 is 0. The molecule has 1 aromatic carbocycles. The summed E-state index contributed by atoms with van der Waals surface area (Å²) in [5.41, 5.74) is 0.965. The van der Waals surface area contributed by atoms with E-state index in [2.05, 4.69) is 0 Å². The Labute approximate surface area is 85.9 Å². The van der Waals surface area contributed by atoms with Crippen LogP contribution < -0.4 is 0 Å². The molecule has 0 unspecified atom stereocenters. The van der Waals surface area contributed by atoms with Crippen LogP contribution >= 0.6 is 11.6 Å². The molecule has 0 heterocycles. The standard InChI is InChI=1S/C10H6ClNO2/c11-9(5-10(13)14)8-3-1-2-7(4-8)6-12/h1-5H,(H,13,14)/b9-5+. The maximum absolute atomic E-state index is 10.3. The van der Waals surface area contributed by atoms with E-state index < -0.39 is 5.97 Å². The van der Waals surface area contributed by atoms with Gasteiger partial charge in [-0.2, -0.15) is 5.26 Å². The lowest BCUT2D eigenvalue weighted by Gasteiger charge is -1.97. The van der Waals surface area contributed by atoms with Crippen LogP contribution in [0, 0.1) is 11.3 Å². The number of benzene rings is 1. The molecule has 0 fully saturated rings. The predicted octanol–water partition coefficient (Wildman–Crippen LogP) is 2.22. The van der Waals surface area contributed by atoms with Gasteiger partial charge in [-0.05, 0) is 17.7 Å². The van der Waals surface area contributed by atoms with Gasteiger partial charge in [0.15, 0.2) is 0 Å². The van der Waals surface area contributed by atoms with E-state index in [1.807, 2.05) is 6.07 Å². The maximum atomic E-state index is 10.3. The van der Waals surface area contributed by atoms with Crippen molar-refractivity contribution >= 4 is 22.6 Å². The third kappa shape index (κ3) is 2.61. The van der Waals surface area contributed by atoms with Crippen molar-refractivity contribution in [1.29, 1.82) is 5.26 Å². The number of halogens is 1. The number of hydrogen-bond acceptors (Lipinski definition) is 2. The largest absolute Gasteiger partial charge is 0.478 e. The third-order valence-electron chi connectivity index (χ3n) is 1.52. The lowest BCUT2D eigenvalue weighted by molar-refractivity contribution is -0.131. The zero-order valence-corrected chi connectivity index (χ0v) is 7.82. The molecule has 4 heteroatoms. The SMILES string of the molecule is N#Cc1cccc(/C(Cl)=C\C(=O)O)c1. The Morgan fingerprint density at radius 1 is 1.57 bits per heavy atom. The van der Waals surface area contributed by atoms with Crippen LogP contribution in [0.4, 0.5) is 0 Å². The molecule has 14 heavy (non-hydrogen) atoms. The minimum atomic E-state index is -1.11. The van der Waals surface area contributed by atoms with Gasteiger partial charge in [-0.1, -0.05) is 23.7 Å². The fourth-order valence-corrected chi connectivity index (χ4v) is 1.14. The van der Waals surface area contributed by atoms with Crippen LogP contribution in [0.1, 0.15) is 11.1 Å². The zero-order valence-electron chi connectivity index (χ0n) is 7.07. The Morgan fingerprint density at radius 2 is 2.29 bits per heavy atom. The molecule has 0 amide bonds. The van der Waals surface area contributed by atoms with Gasteiger partial charge in [0.1, 0.15) is 0 Å². The van der Waals surface area contributed by atoms with Gasteiger partial charge in [0, 0.05) is 6.08 Å². The molecule has 1 rings (SSSR count). The molecule has 0 aromatic heterocycles. The Morgan fingerprint density at radius 3 is 2.86 bits per heavy atom. The smallest absolute Gasteiger partial charge is 0.329 e. The topological polar surface area (TPSA) is 61.1 Å². The van der Waals surface area contributed by atoms with Crippen molar-refractivity contribution in [3.05, 3.63) is 41.5 Å². The summed E-state index contributed by atoms with van der Waals surface area (Å²) in [4.78, 5) is 10.3. The molecule has 0 saturated carbocycles. The number of nitrogens with zero attached hydrogens (tertiary/aromatic N) is 1. The molecular formula is C10H6ClNO2. The molecule has 0 aliphatic carbocycles. The minimum Gasteiger partial charge on any atom is -0.478 e. The van der Waals surface area contributed by atoms with E-state index in [9.17, 15) is 4.79 Å². The van der Waals surface area contributed by atoms with Crippen LogP contribution in [0.25, 0.3) is 5.03 Å². The fraction of sp³-hybridized carbons (Fsp3) is 0. The van der Waals surface area contributed by atoms with Gasteiger partial charge in [0.25, 0.3) is 0 Å². The molecule has 1 N–H and O–H groups in total. The van der Waals surface area contributed by atoms with Gasteiger partial charge in [-0.25, -0.2) is 4.79 Å². The lowest BCUT2D eigenvalue weighted by Crippen LogP contribution is -1.89. The van der Waals surface area contributed by atoms with Crippen LogP contribution in [-0.2, 0) is 4.79 Å². The van der Waals surface area contributed by atoms with Crippen LogP contribution in [0.3, 0.4) is 0 Å². The molecule has 70 valence electrons. The summed E-state index contributed by atoms with van der Waals surface area (Å²) in [6.45, 7) is 0. The first-order chi connectivity index (χ1) is 6.63. The molecule has 0 bridgehead atoms. The monoisotopic (exact) mass is 207 g/mol. The van der Waals surface area contributed by atoms with Crippen LogP contribution in [-0.4, -0.2) is 11.1 Å². The highest BCUT2D eigenvalue weighted by molar-refractivity contribution is 6.50. The van der Waals surface area contributed by atoms with Gasteiger partial charge in [-0.3, -0.25) is 0 Å². The first-order valence-corrected chi connectivity index (χ1v) is 4.12. The van der Waals surface area contributed by atoms with Crippen molar-refractivity contribution < 1.29 is 9.90 Å². The van der Waals surface area contributed by atoms with Crippen LogP contribution in [0.5, 0.6) is 0 Å². The number of nitriles is 1. The van der Waals surface area contributed by atoms with Crippen molar-refractivity contribution in [1.82, 2.24) is 0 Å². The Bertz CT molecular complexity index is 432. The van der Waals surface area contributed by atoms with E-state index in [1.165, 1.54) is 6.07 Å². The van der Waals surface area contributed by atoms with E-state index in [-0.39, 0.29) is 5.03 Å². The first kappa shape index (κ1) is 10.3. The highest BCUT2D eigenvalue weighted by atomic mass is 35.5. The van der Waals surface area contributed by atoms with E-state index in [0.29, 0.717) is 11.1 Å². The van der Waals surface area contributed by atoms with E-state index in [1.54, 1.807) is 18.2 Å². The molecule has 1 aromatic rings. The summed E-state index contributed by atoms with van der Waals surface area (Å²) in [5.74, 6) is -1.11. The Kier molecular flexibility index (Phi) is 3.27. The quantitative estimate of drug-likeness (QED) is 0.757. The average molecular weight is 208 g/mol. The molecule has 0 radical (unpaired) electrons. The molecule has 0 saturated heterocycles. The molecular weight excluding hydrogens is 202 g/mol. The van der Waals surface area contributed by atoms with Gasteiger partial charge in [-0.15, -0.1) is 0 Å². The second-order valence-corrected chi connectivity index (χ2v) is 2.93. The summed E-state index contributed by atoms with van der Waals surface area (Å²) in [7, 11) is 0. The van der Waals surface area contributed by atoms with Gasteiger partial charge in [0.2, 0.25) is 0 Å². The lowest BCUT2D eigenvalue weighted by atomic mass is 10.1. The van der Waals surface area contributed by atoms with Crippen molar-refractivity contribution in [3.63, 3.8) is 0 Å². The average Bonchev–Trinajstić information content (AvgIpc) is 2.17. The highest BCUT2D eigenvalue weighted by Gasteiger charge is 2.01. The molecule has 0 aliphatic heterocycles. The van der Waals surface area contributed by atoms with Crippen molar-refractivity contribution in [3.8, 4) is 6.07 Å². The first-order valence-electron chi connectivity index (χ1n) is 3.74. The molecule has 3 nitrogen and oxygen atoms in total. The number of carbonyl (C=O) groups is 1. The number of carboxylic acids is 1. The summed E-state index contributed by atoms with van der Waals surface area (Å²) in [6.07, 6.45) is 0.887. The molecule has 0 atom stereocenters. The summed E-state index contributed by atoms with van der Waals surface area (Å²) in [6, 6.07) is 8.38. The molecule has 0 spiro atoms. The highest BCUT2D eigenvalue weighted by Crippen LogP contribution is 2.19. The minimum absolute atomic E-state index is 0.106. The predicted molar refractivity (Wildman–Crippen MR) is 52.6 cm³/mol. The van der Waals surface area contributed by atoms with E-state index in [4.69, 9.17) is 22.0 Å². The molecule has 0 aliphatic rings. The normalized spacial score (nSPS) is 10.7. The number of hydrogen-bond donors (Lipinski definition) is 1. The second-order valence-electron chi connectivity index (χ2n) is 2.52. The van der Waals surface area contributed by atoms with Gasteiger partial charge in [0.05, 0.1) is 16.7 Å². The Balaban J connectivity index is 3.09. The van der Waals surface area contributed by atoms with Crippen LogP contribution in [0.15, 0.2) is 30.3 Å². The summed E-state index contributed by atoms with van der Waals surface area (Å²) >= 11 is 5.70. The van der Waals surface area contributed by atoms with Crippen molar-refractivity contribution in [2.75, 3.05) is 0 Å². The van der Waals surface area contributed by atoms with Crippen molar-refractivity contribution in [2.45, 2.75) is 0 Å². The Hall–Kier alpha value is -1.79. The fourth-order valence-electron chi connectivity index (χ4n) is 0.929. The zero-order chi connectivity index (χ0) is 10.6. The van der Waals surface area contributed by atoms with Crippen molar-refractivity contribution in [2.24, 2.45) is 0 Å². The third-order valence-corrected chi connectivity index (χ3v) is 1.84. The van der Waals surface area contributed by atoms with Gasteiger partial charge < -0.3 is 5.11 Å². The van der Waals surface area contributed by atoms with Crippen LogP contribution in [0.2, 0.25) is 0 Å².